The van der Waals surface area contributed by atoms with E-state index in [1.54, 1.807) is 30.3 Å². The molecule has 0 atom stereocenters. The number of carboxylic acid groups (broad SMARTS) is 1. The molecule has 1 saturated carbocycles. The molecule has 3 amide bonds. The maximum Gasteiger partial charge on any atom is 0.340 e. The van der Waals surface area contributed by atoms with Crippen LogP contribution in [0.15, 0.2) is 42.5 Å². The van der Waals surface area contributed by atoms with Gasteiger partial charge >= 0.3 is 18.0 Å². The molecule has 0 aliphatic heterocycles. The van der Waals surface area contributed by atoms with Crippen molar-refractivity contribution >= 4 is 29.6 Å². The number of nitrogens with one attached hydrogen (secondary N) is 3. The van der Waals surface area contributed by atoms with E-state index in [9.17, 15) is 19.2 Å². The number of hydrogen-bond acceptors (Lipinski definition) is 5. The fourth-order valence-corrected chi connectivity index (χ4v) is 5.38. The Morgan fingerprint density at radius 1 is 0.952 bits per heavy atom. The van der Waals surface area contributed by atoms with Crippen molar-refractivity contribution < 1.29 is 29.0 Å². The van der Waals surface area contributed by atoms with Crippen LogP contribution in [-0.4, -0.2) is 42.1 Å². The van der Waals surface area contributed by atoms with E-state index in [0.29, 0.717) is 29.3 Å². The number of rotatable bonds is 12. The van der Waals surface area contributed by atoms with Crippen molar-refractivity contribution in [3.63, 3.8) is 0 Å². The highest BCUT2D eigenvalue weighted by atomic mass is 16.5. The van der Waals surface area contributed by atoms with Crippen LogP contribution >= 0.6 is 0 Å². The molecule has 0 bridgehead atoms. The van der Waals surface area contributed by atoms with Gasteiger partial charge in [0.15, 0.2) is 0 Å². The molecular weight excluding hydrogens is 534 g/mol. The van der Waals surface area contributed by atoms with Gasteiger partial charge in [0.2, 0.25) is 0 Å². The quantitative estimate of drug-likeness (QED) is 0.168. The number of carbonyl (C=O) groups is 4. The van der Waals surface area contributed by atoms with Crippen LogP contribution in [0.4, 0.5) is 10.5 Å². The number of hydrogen-bond donors (Lipinski definition) is 4. The predicted molar refractivity (Wildman–Crippen MR) is 163 cm³/mol. The number of ether oxygens (including phenoxy) is 1. The van der Waals surface area contributed by atoms with E-state index < -0.39 is 18.0 Å². The molecule has 3 rings (SSSR count). The lowest BCUT2D eigenvalue weighted by atomic mass is 9.68. The lowest BCUT2D eigenvalue weighted by molar-refractivity contribution is -0.136. The monoisotopic (exact) mass is 579 g/mol. The van der Waals surface area contributed by atoms with E-state index in [4.69, 9.17) is 9.84 Å². The fraction of sp³-hybridized carbons (Fsp3) is 0.515. The summed E-state index contributed by atoms with van der Waals surface area (Å²) < 4.78 is 5.52. The highest BCUT2D eigenvalue weighted by Gasteiger charge is 2.32. The summed E-state index contributed by atoms with van der Waals surface area (Å²) in [5.41, 5.74) is 3.24. The van der Waals surface area contributed by atoms with Gasteiger partial charge in [-0.2, -0.15) is 0 Å². The predicted octanol–water partition coefficient (Wildman–Crippen LogP) is 6.49. The Bertz CT molecular complexity index is 1230. The van der Waals surface area contributed by atoms with Gasteiger partial charge in [-0.15, -0.1) is 0 Å². The topological polar surface area (TPSA) is 134 Å². The van der Waals surface area contributed by atoms with Crippen molar-refractivity contribution in [3.05, 3.63) is 64.7 Å². The first-order chi connectivity index (χ1) is 20.0. The highest BCUT2D eigenvalue weighted by molar-refractivity contribution is 6.02. The number of anilines is 1. The van der Waals surface area contributed by atoms with Gasteiger partial charge in [0.25, 0.3) is 5.91 Å². The van der Waals surface area contributed by atoms with Gasteiger partial charge in [-0.3, -0.25) is 9.59 Å². The molecule has 9 nitrogen and oxygen atoms in total. The molecular formula is C33H45N3O6. The minimum absolute atomic E-state index is 0.0469. The van der Waals surface area contributed by atoms with Crippen LogP contribution in [0.1, 0.15) is 110 Å². The van der Waals surface area contributed by atoms with Crippen molar-refractivity contribution in [1.82, 2.24) is 10.6 Å². The Labute approximate surface area is 248 Å². The number of unbranched alkanes of at least 4 members (excludes halogenated alkanes) is 1. The van der Waals surface area contributed by atoms with Crippen molar-refractivity contribution in [3.8, 4) is 0 Å². The number of benzene rings is 2. The molecule has 0 radical (unpaired) electrons. The summed E-state index contributed by atoms with van der Waals surface area (Å²) in [7, 11) is 0. The Morgan fingerprint density at radius 3 is 2.26 bits per heavy atom. The summed E-state index contributed by atoms with van der Waals surface area (Å²) in [4.78, 5) is 49.0. The van der Waals surface area contributed by atoms with Gasteiger partial charge < -0.3 is 25.8 Å². The average Bonchev–Trinajstić information content (AvgIpc) is 2.96. The summed E-state index contributed by atoms with van der Waals surface area (Å²) in [6, 6.07) is 11.8. The van der Waals surface area contributed by atoms with Gasteiger partial charge in [-0.1, -0.05) is 58.4 Å². The molecule has 0 spiro atoms. The van der Waals surface area contributed by atoms with Crippen LogP contribution in [0.5, 0.6) is 0 Å². The van der Waals surface area contributed by atoms with Gasteiger partial charge in [0, 0.05) is 18.7 Å². The second-order valence-electron chi connectivity index (χ2n) is 12.1. The third kappa shape index (κ3) is 9.60. The first-order valence-electron chi connectivity index (χ1n) is 14.9. The number of carbonyl (C=O) groups excluding carboxylic acids is 3. The zero-order chi connectivity index (χ0) is 30.7. The molecule has 228 valence electrons. The normalized spacial score (nSPS) is 16.8. The molecule has 4 N–H and O–H groups in total. The molecule has 1 fully saturated rings. The van der Waals surface area contributed by atoms with Crippen molar-refractivity contribution in [2.45, 2.75) is 85.1 Å². The zero-order valence-corrected chi connectivity index (χ0v) is 25.3. The molecule has 0 saturated heterocycles. The van der Waals surface area contributed by atoms with E-state index in [1.165, 1.54) is 0 Å². The van der Waals surface area contributed by atoms with Crippen LogP contribution in [0.3, 0.4) is 0 Å². The Balaban J connectivity index is 1.70. The standard InChI is InChI=1S/C33H45N3O6/c1-5-6-20-42-31(40)27-9-7-8-26(23-14-16-25(17-15-23)33(2,3)4)29(27)36-32(41)35-21-22-10-12-24(13-11-22)30(39)34-19-18-28(37)38/h7-13,23,25H,5-6,14-21H2,1-4H3,(H,34,39)(H,37,38)(H2,35,36,41). The van der Waals surface area contributed by atoms with Gasteiger partial charge in [0.05, 0.1) is 24.3 Å². The largest absolute Gasteiger partial charge is 0.481 e. The van der Waals surface area contributed by atoms with E-state index in [0.717, 1.165) is 49.7 Å². The van der Waals surface area contributed by atoms with Crippen LogP contribution in [0.2, 0.25) is 0 Å². The van der Waals surface area contributed by atoms with E-state index in [1.807, 2.05) is 19.1 Å². The minimum atomic E-state index is -0.981. The lowest BCUT2D eigenvalue weighted by Crippen LogP contribution is -2.30. The smallest absolute Gasteiger partial charge is 0.340 e. The first kappa shape index (κ1) is 32.6. The van der Waals surface area contributed by atoms with Gasteiger partial charge in [-0.25, -0.2) is 9.59 Å². The van der Waals surface area contributed by atoms with E-state index >= 15 is 0 Å². The van der Waals surface area contributed by atoms with Crippen LogP contribution < -0.4 is 16.0 Å². The number of urea groups is 1. The Hall–Kier alpha value is -3.88. The summed E-state index contributed by atoms with van der Waals surface area (Å²) in [5.74, 6) is -0.915. The van der Waals surface area contributed by atoms with Crippen LogP contribution in [0.25, 0.3) is 0 Å². The fourth-order valence-electron chi connectivity index (χ4n) is 5.38. The molecule has 0 aromatic heterocycles. The minimum Gasteiger partial charge on any atom is -0.481 e. The molecule has 42 heavy (non-hydrogen) atoms. The van der Waals surface area contributed by atoms with Crippen molar-refractivity contribution in [2.24, 2.45) is 11.3 Å². The lowest BCUT2D eigenvalue weighted by Gasteiger charge is -2.37. The maximum absolute atomic E-state index is 13.1. The maximum atomic E-state index is 13.1. The first-order valence-corrected chi connectivity index (χ1v) is 14.9. The summed E-state index contributed by atoms with van der Waals surface area (Å²) in [6.45, 7) is 9.47. The molecule has 9 heteroatoms. The summed E-state index contributed by atoms with van der Waals surface area (Å²) in [6.07, 6.45) is 5.70. The van der Waals surface area contributed by atoms with Crippen LogP contribution in [0, 0.1) is 11.3 Å². The van der Waals surface area contributed by atoms with Crippen molar-refractivity contribution in [2.75, 3.05) is 18.5 Å². The number of esters is 1. The Kier molecular flexibility index (Phi) is 11.9. The molecule has 2 aromatic rings. The molecule has 2 aromatic carbocycles. The van der Waals surface area contributed by atoms with Crippen molar-refractivity contribution in [1.29, 1.82) is 0 Å². The number of para-hydroxylation sites is 1. The molecule has 0 unspecified atom stereocenters. The third-order valence-electron chi connectivity index (χ3n) is 7.97. The number of aliphatic carboxylic acids is 1. The van der Waals surface area contributed by atoms with Crippen LogP contribution in [-0.2, 0) is 16.1 Å². The SMILES string of the molecule is CCCCOC(=O)c1cccc(C2CCC(C(C)(C)C)CC2)c1NC(=O)NCc1ccc(C(=O)NCCC(=O)O)cc1. The summed E-state index contributed by atoms with van der Waals surface area (Å²) in [5, 5.41) is 17.1. The van der Waals surface area contributed by atoms with Gasteiger partial charge in [0.1, 0.15) is 0 Å². The highest BCUT2D eigenvalue weighted by Crippen LogP contribution is 2.45. The molecule has 0 heterocycles. The second-order valence-corrected chi connectivity index (χ2v) is 12.1. The average molecular weight is 580 g/mol. The third-order valence-corrected chi connectivity index (χ3v) is 7.97. The number of amides is 3. The van der Waals surface area contributed by atoms with E-state index in [-0.39, 0.29) is 36.8 Å². The molecule has 1 aliphatic carbocycles. The zero-order valence-electron chi connectivity index (χ0n) is 25.3. The second kappa shape index (κ2) is 15.4. The van der Waals surface area contributed by atoms with E-state index in [2.05, 4.69) is 36.7 Å². The number of carboxylic acids is 1. The van der Waals surface area contributed by atoms with Gasteiger partial charge in [-0.05, 0) is 78.7 Å². The Morgan fingerprint density at radius 2 is 1.64 bits per heavy atom. The molecule has 1 aliphatic rings. The summed E-state index contributed by atoms with van der Waals surface area (Å²) >= 11 is 0.